The second-order valence-electron chi connectivity index (χ2n) is 6.42. The van der Waals surface area contributed by atoms with Gasteiger partial charge in [0.2, 0.25) is 12.2 Å². The zero-order chi connectivity index (χ0) is 20.4. The third-order valence-corrected chi connectivity index (χ3v) is 4.72. The Labute approximate surface area is 163 Å². The van der Waals surface area contributed by atoms with E-state index >= 15 is 0 Å². The van der Waals surface area contributed by atoms with Crippen molar-refractivity contribution in [1.82, 2.24) is 9.88 Å². The van der Waals surface area contributed by atoms with Crippen molar-refractivity contribution >= 4 is 24.3 Å². The molecule has 0 amide bonds. The predicted octanol–water partition coefficient (Wildman–Crippen LogP) is 0.633. The van der Waals surface area contributed by atoms with Crippen LogP contribution in [0.15, 0.2) is 39.0 Å². The van der Waals surface area contributed by atoms with Gasteiger partial charge in [-0.2, -0.15) is 10.5 Å². The first-order valence-corrected chi connectivity index (χ1v) is 8.78. The molecule has 0 bridgehead atoms. The van der Waals surface area contributed by atoms with E-state index in [9.17, 15) is 5.26 Å². The molecule has 1 aliphatic heterocycles. The van der Waals surface area contributed by atoms with Crippen LogP contribution in [-0.4, -0.2) is 47.0 Å². The molecule has 146 valence electrons. The van der Waals surface area contributed by atoms with Crippen molar-refractivity contribution < 1.29 is 0 Å². The molecule has 0 atom stereocenters. The Morgan fingerprint density at radius 3 is 2.68 bits per heavy atom. The summed E-state index contributed by atoms with van der Waals surface area (Å²) in [4.78, 5) is 17.2. The summed E-state index contributed by atoms with van der Waals surface area (Å²) in [6, 6.07) is 4.13. The van der Waals surface area contributed by atoms with Crippen LogP contribution in [0.3, 0.4) is 0 Å². The number of aliphatic imine (C=N–C) groups is 3. The van der Waals surface area contributed by atoms with Gasteiger partial charge < -0.3 is 27.1 Å². The molecule has 10 nitrogen and oxygen atoms in total. The molecule has 0 aromatic carbocycles. The van der Waals surface area contributed by atoms with Gasteiger partial charge in [0.25, 0.3) is 0 Å². The fraction of sp³-hybridized carbons (Fsp3) is 0.389. The maximum absolute atomic E-state index is 9.27. The molecule has 2 rings (SSSR count). The highest BCUT2D eigenvalue weighted by Crippen LogP contribution is 2.30. The molecule has 1 aromatic heterocycles. The van der Waals surface area contributed by atoms with Crippen molar-refractivity contribution in [3.05, 3.63) is 29.6 Å². The highest BCUT2D eigenvalue weighted by molar-refractivity contribution is 5.80. The Morgan fingerprint density at radius 2 is 2.07 bits per heavy atom. The monoisotopic (exact) mass is 380 g/mol. The van der Waals surface area contributed by atoms with Gasteiger partial charge in [-0.3, -0.25) is 4.99 Å². The normalized spacial score (nSPS) is 17.7. The largest absolute Gasteiger partial charge is 0.404 e. The van der Waals surface area contributed by atoms with Crippen molar-refractivity contribution in [3.8, 4) is 12.3 Å². The van der Waals surface area contributed by atoms with E-state index in [0.717, 1.165) is 11.1 Å². The number of aromatic amines is 1. The number of nitriles is 2. The SMILES string of the molecule is N#CCC1(N=CC(=CN)Cc2cc[nH]c2N=CN)CCN(C(N)=NC#N)CC1. The van der Waals surface area contributed by atoms with Gasteiger partial charge in [-0.05, 0) is 30.7 Å². The topological polar surface area (TPSA) is 182 Å². The quantitative estimate of drug-likeness (QED) is 0.319. The summed E-state index contributed by atoms with van der Waals surface area (Å²) in [6.45, 7) is 1.15. The Balaban J connectivity index is 2.11. The van der Waals surface area contributed by atoms with Crippen LogP contribution in [0.5, 0.6) is 0 Å². The number of nitrogens with one attached hydrogen (secondary N) is 1. The summed E-state index contributed by atoms with van der Waals surface area (Å²) in [5.41, 5.74) is 18.2. The first-order valence-electron chi connectivity index (χ1n) is 8.78. The number of likely N-dealkylation sites (tertiary alicyclic amines) is 1. The highest BCUT2D eigenvalue weighted by atomic mass is 15.3. The lowest BCUT2D eigenvalue weighted by Gasteiger charge is -2.38. The number of piperidine rings is 1. The Bertz CT molecular complexity index is 854. The molecule has 1 aromatic rings. The van der Waals surface area contributed by atoms with E-state index in [4.69, 9.17) is 27.5 Å². The van der Waals surface area contributed by atoms with Crippen LogP contribution in [0.1, 0.15) is 24.8 Å². The van der Waals surface area contributed by atoms with Crippen LogP contribution in [0.4, 0.5) is 5.82 Å². The number of hydrogen-bond donors (Lipinski definition) is 4. The number of aromatic nitrogens is 1. The van der Waals surface area contributed by atoms with Gasteiger partial charge in [0.1, 0.15) is 5.82 Å². The summed E-state index contributed by atoms with van der Waals surface area (Å²) in [7, 11) is 0. The first-order chi connectivity index (χ1) is 13.6. The van der Waals surface area contributed by atoms with Crippen molar-refractivity contribution in [2.45, 2.75) is 31.2 Å². The zero-order valence-corrected chi connectivity index (χ0v) is 15.5. The fourth-order valence-corrected chi connectivity index (χ4v) is 3.09. The van der Waals surface area contributed by atoms with E-state index in [-0.39, 0.29) is 12.4 Å². The summed E-state index contributed by atoms with van der Waals surface area (Å²) >= 11 is 0. The number of nitrogens with zero attached hydrogens (tertiary/aromatic N) is 6. The van der Waals surface area contributed by atoms with E-state index in [2.05, 4.69) is 21.0 Å². The second-order valence-corrected chi connectivity index (χ2v) is 6.42. The molecule has 0 saturated carbocycles. The van der Waals surface area contributed by atoms with E-state index in [1.807, 2.05) is 11.0 Å². The smallest absolute Gasteiger partial charge is 0.209 e. The molecule has 1 fully saturated rings. The molecule has 0 aliphatic carbocycles. The first kappa shape index (κ1) is 20.5. The van der Waals surface area contributed by atoms with Crippen molar-refractivity contribution in [2.24, 2.45) is 32.2 Å². The van der Waals surface area contributed by atoms with Crippen molar-refractivity contribution in [2.75, 3.05) is 13.1 Å². The lowest BCUT2D eigenvalue weighted by molar-refractivity contribution is 0.232. The molecule has 10 heteroatoms. The van der Waals surface area contributed by atoms with E-state index in [0.29, 0.717) is 38.2 Å². The van der Waals surface area contributed by atoms with Gasteiger partial charge in [-0.15, -0.1) is 4.99 Å². The minimum absolute atomic E-state index is 0.194. The number of nitrogens with two attached hydrogens (primary N) is 3. The van der Waals surface area contributed by atoms with E-state index in [1.165, 1.54) is 12.5 Å². The summed E-state index contributed by atoms with van der Waals surface area (Å²) in [5, 5.41) is 17.9. The average Bonchev–Trinajstić information content (AvgIpc) is 3.13. The Hall–Kier alpha value is -3.79. The minimum atomic E-state index is -0.511. The highest BCUT2D eigenvalue weighted by Gasteiger charge is 2.34. The van der Waals surface area contributed by atoms with Gasteiger partial charge in [0.05, 0.1) is 24.4 Å². The van der Waals surface area contributed by atoms with Gasteiger partial charge in [-0.1, -0.05) is 0 Å². The van der Waals surface area contributed by atoms with Crippen molar-refractivity contribution in [1.29, 1.82) is 10.5 Å². The average molecular weight is 380 g/mol. The molecule has 0 spiro atoms. The van der Waals surface area contributed by atoms with Crippen LogP contribution in [0.25, 0.3) is 0 Å². The third kappa shape index (κ3) is 5.11. The van der Waals surface area contributed by atoms with Gasteiger partial charge >= 0.3 is 0 Å². The predicted molar refractivity (Wildman–Crippen MR) is 109 cm³/mol. The number of rotatable bonds is 6. The zero-order valence-electron chi connectivity index (χ0n) is 15.5. The third-order valence-electron chi connectivity index (χ3n) is 4.72. The Kier molecular flexibility index (Phi) is 7.17. The molecular weight excluding hydrogens is 356 g/mol. The number of guanidine groups is 1. The molecule has 1 aliphatic rings. The van der Waals surface area contributed by atoms with Crippen LogP contribution < -0.4 is 17.2 Å². The summed E-state index contributed by atoms with van der Waals surface area (Å²) in [6.07, 6.45) is 10.0. The van der Waals surface area contributed by atoms with Gasteiger partial charge in [0.15, 0.2) is 0 Å². The maximum Gasteiger partial charge on any atom is 0.209 e. The summed E-state index contributed by atoms with van der Waals surface area (Å²) in [5.74, 6) is 0.863. The van der Waals surface area contributed by atoms with Gasteiger partial charge in [0, 0.05) is 37.5 Å². The molecule has 0 unspecified atom stereocenters. The molecule has 1 saturated heterocycles. The van der Waals surface area contributed by atoms with Crippen LogP contribution in [0, 0.1) is 22.8 Å². The number of allylic oxidation sites excluding steroid dienone is 1. The second kappa shape index (κ2) is 9.78. The Morgan fingerprint density at radius 1 is 1.32 bits per heavy atom. The maximum atomic E-state index is 9.27. The minimum Gasteiger partial charge on any atom is -0.404 e. The molecule has 0 radical (unpaired) electrons. The van der Waals surface area contributed by atoms with Gasteiger partial charge in [-0.25, -0.2) is 4.99 Å². The van der Waals surface area contributed by atoms with Crippen LogP contribution in [-0.2, 0) is 6.42 Å². The van der Waals surface area contributed by atoms with E-state index < -0.39 is 5.54 Å². The lowest BCUT2D eigenvalue weighted by Crippen LogP contribution is -2.48. The molecule has 28 heavy (non-hydrogen) atoms. The number of H-pyrrole nitrogens is 1. The summed E-state index contributed by atoms with van der Waals surface area (Å²) < 4.78 is 0. The standard InChI is InChI=1S/C18H24N10/c19-5-2-18(3-7-28(8-4-18)17(23)26-13-22)27-11-14(10-20)9-15-1-6-24-16(15)25-12-21/h1,6,10-12,24H,2-4,7-9,20H2,(H2,21,25)(H2,23,26). The fourth-order valence-electron chi connectivity index (χ4n) is 3.09. The van der Waals surface area contributed by atoms with Crippen molar-refractivity contribution in [3.63, 3.8) is 0 Å². The van der Waals surface area contributed by atoms with Crippen LogP contribution in [0.2, 0.25) is 0 Å². The molecule has 2 heterocycles. The number of hydrogen-bond acceptors (Lipinski definition) is 6. The lowest BCUT2D eigenvalue weighted by atomic mass is 9.85. The van der Waals surface area contributed by atoms with E-state index in [1.54, 1.807) is 18.6 Å². The molecular formula is C18H24N10. The van der Waals surface area contributed by atoms with Crippen LogP contribution >= 0.6 is 0 Å². The molecule has 7 N–H and O–H groups in total.